The average Bonchev–Trinajstić information content (AvgIpc) is 2.07. The maximum absolute atomic E-state index is 8.91. The Morgan fingerprint density at radius 3 is 2.55 bits per heavy atom. The third-order valence-corrected chi connectivity index (χ3v) is 2.45. The summed E-state index contributed by atoms with van der Waals surface area (Å²) in [7, 11) is 0. The fourth-order valence-corrected chi connectivity index (χ4v) is 1.72. The molecule has 1 saturated heterocycles. The minimum atomic E-state index is -0.181. The van der Waals surface area contributed by atoms with Crippen molar-refractivity contribution in [3.8, 4) is 6.07 Å². The number of hydrogen-bond acceptors (Lipinski definition) is 2. The molecule has 0 saturated carbocycles. The zero-order chi connectivity index (χ0) is 8.16. The summed E-state index contributed by atoms with van der Waals surface area (Å²) in [6.07, 6.45) is 2.49. The molecule has 0 amide bonds. The van der Waals surface area contributed by atoms with Gasteiger partial charge in [-0.2, -0.15) is 5.26 Å². The van der Waals surface area contributed by atoms with Gasteiger partial charge in [0.1, 0.15) is 0 Å². The van der Waals surface area contributed by atoms with E-state index in [9.17, 15) is 0 Å². The van der Waals surface area contributed by atoms with Gasteiger partial charge in [-0.3, -0.25) is 0 Å². The summed E-state index contributed by atoms with van der Waals surface area (Å²) in [6, 6.07) is 2.35. The van der Waals surface area contributed by atoms with Crippen LogP contribution in [0.5, 0.6) is 0 Å². The van der Waals surface area contributed by atoms with E-state index in [4.69, 9.17) is 21.6 Å². The van der Waals surface area contributed by atoms with Crippen molar-refractivity contribution >= 4 is 11.6 Å². The minimum Gasteiger partial charge on any atom is -0.381 e. The first-order chi connectivity index (χ1) is 5.33. The molecule has 0 aliphatic carbocycles. The second-order valence-electron chi connectivity index (χ2n) is 2.94. The Morgan fingerprint density at radius 1 is 1.45 bits per heavy atom. The highest BCUT2D eigenvalue weighted by atomic mass is 35.5. The lowest BCUT2D eigenvalue weighted by Gasteiger charge is -2.29. The number of nitriles is 1. The Balaban J connectivity index is 2.51. The summed E-state index contributed by atoms with van der Waals surface area (Å²) in [4.78, 5) is 0. The van der Waals surface area contributed by atoms with E-state index in [-0.39, 0.29) is 5.41 Å². The number of hydrogen-bond donors (Lipinski definition) is 0. The normalized spacial score (nSPS) is 22.5. The topological polar surface area (TPSA) is 33.0 Å². The standard InChI is InChI=1S/C8H12ClNO/c9-4-1-8(7-10)2-5-11-6-3-8/h1-6H2. The second-order valence-corrected chi connectivity index (χ2v) is 3.32. The van der Waals surface area contributed by atoms with Gasteiger partial charge in [0.05, 0.1) is 11.5 Å². The largest absolute Gasteiger partial charge is 0.381 e. The Labute approximate surface area is 72.1 Å². The molecular formula is C8H12ClNO. The predicted molar refractivity (Wildman–Crippen MR) is 43.4 cm³/mol. The molecule has 0 bridgehead atoms. The van der Waals surface area contributed by atoms with Crippen molar-refractivity contribution in [1.82, 2.24) is 0 Å². The van der Waals surface area contributed by atoms with E-state index in [1.807, 2.05) is 0 Å². The van der Waals surface area contributed by atoms with E-state index in [0.717, 1.165) is 19.3 Å². The van der Waals surface area contributed by atoms with Crippen molar-refractivity contribution in [1.29, 1.82) is 5.26 Å². The van der Waals surface area contributed by atoms with Crippen molar-refractivity contribution in [2.24, 2.45) is 5.41 Å². The average molecular weight is 174 g/mol. The van der Waals surface area contributed by atoms with Gasteiger partial charge in [-0.1, -0.05) is 0 Å². The van der Waals surface area contributed by atoms with Gasteiger partial charge in [0.15, 0.2) is 0 Å². The molecule has 0 N–H and O–H groups in total. The summed E-state index contributed by atoms with van der Waals surface area (Å²) in [5.74, 6) is 0.577. The molecule has 0 aromatic carbocycles. The molecule has 3 heteroatoms. The highest BCUT2D eigenvalue weighted by Gasteiger charge is 2.31. The summed E-state index contributed by atoms with van der Waals surface area (Å²) in [5, 5.41) is 8.91. The van der Waals surface area contributed by atoms with Crippen LogP contribution in [0.1, 0.15) is 19.3 Å². The van der Waals surface area contributed by atoms with Crippen LogP contribution in [0.15, 0.2) is 0 Å². The first-order valence-corrected chi connectivity index (χ1v) is 4.41. The number of rotatable bonds is 2. The number of halogens is 1. The number of nitrogens with zero attached hydrogens (tertiary/aromatic N) is 1. The maximum Gasteiger partial charge on any atom is 0.0692 e. The lowest BCUT2D eigenvalue weighted by atomic mass is 9.79. The molecular weight excluding hydrogens is 162 g/mol. The summed E-state index contributed by atoms with van der Waals surface area (Å²) < 4.78 is 5.18. The van der Waals surface area contributed by atoms with Crippen LogP contribution < -0.4 is 0 Å². The van der Waals surface area contributed by atoms with Crippen LogP contribution in [-0.2, 0) is 4.74 Å². The molecule has 62 valence electrons. The first-order valence-electron chi connectivity index (χ1n) is 3.88. The number of ether oxygens (including phenoxy) is 1. The molecule has 1 aliphatic rings. The van der Waals surface area contributed by atoms with Gasteiger partial charge >= 0.3 is 0 Å². The molecule has 0 radical (unpaired) electrons. The van der Waals surface area contributed by atoms with Crippen molar-refractivity contribution in [2.75, 3.05) is 19.1 Å². The van der Waals surface area contributed by atoms with Gasteiger partial charge in [0, 0.05) is 19.1 Å². The number of alkyl halides is 1. The monoisotopic (exact) mass is 173 g/mol. The molecule has 0 unspecified atom stereocenters. The SMILES string of the molecule is N#CC1(CCCl)CCOCC1. The van der Waals surface area contributed by atoms with E-state index >= 15 is 0 Å². The van der Waals surface area contributed by atoms with E-state index < -0.39 is 0 Å². The molecule has 0 aromatic rings. The lowest BCUT2D eigenvalue weighted by Crippen LogP contribution is -2.28. The van der Waals surface area contributed by atoms with Crippen molar-refractivity contribution in [3.05, 3.63) is 0 Å². The highest BCUT2D eigenvalue weighted by molar-refractivity contribution is 6.17. The fourth-order valence-electron chi connectivity index (χ4n) is 1.36. The Bertz CT molecular complexity index is 152. The van der Waals surface area contributed by atoms with Gasteiger partial charge < -0.3 is 4.74 Å². The lowest BCUT2D eigenvalue weighted by molar-refractivity contribution is 0.0393. The second kappa shape index (κ2) is 3.94. The van der Waals surface area contributed by atoms with Crippen LogP contribution in [0.4, 0.5) is 0 Å². The Morgan fingerprint density at radius 2 is 2.09 bits per heavy atom. The third kappa shape index (κ3) is 2.08. The Hall–Kier alpha value is -0.260. The van der Waals surface area contributed by atoms with Crippen LogP contribution in [0.2, 0.25) is 0 Å². The summed E-state index contributed by atoms with van der Waals surface area (Å²) in [5.41, 5.74) is -0.181. The zero-order valence-corrected chi connectivity index (χ0v) is 7.23. The van der Waals surface area contributed by atoms with Crippen LogP contribution in [-0.4, -0.2) is 19.1 Å². The molecule has 0 aromatic heterocycles. The first kappa shape index (κ1) is 8.83. The molecule has 1 heterocycles. The van der Waals surface area contributed by atoms with Gasteiger partial charge in [-0.25, -0.2) is 0 Å². The molecule has 0 atom stereocenters. The van der Waals surface area contributed by atoms with E-state index in [1.165, 1.54) is 0 Å². The molecule has 2 nitrogen and oxygen atoms in total. The van der Waals surface area contributed by atoms with Gasteiger partial charge in [-0.05, 0) is 19.3 Å². The van der Waals surface area contributed by atoms with Crippen LogP contribution in [0.25, 0.3) is 0 Å². The smallest absolute Gasteiger partial charge is 0.0692 e. The van der Waals surface area contributed by atoms with Crippen molar-refractivity contribution < 1.29 is 4.74 Å². The fraction of sp³-hybridized carbons (Fsp3) is 0.875. The predicted octanol–water partition coefficient (Wildman–Crippen LogP) is 1.94. The quantitative estimate of drug-likeness (QED) is 0.598. The minimum absolute atomic E-state index is 0.181. The van der Waals surface area contributed by atoms with Crippen molar-refractivity contribution in [2.45, 2.75) is 19.3 Å². The third-order valence-electron chi connectivity index (χ3n) is 2.26. The van der Waals surface area contributed by atoms with E-state index in [0.29, 0.717) is 19.1 Å². The van der Waals surface area contributed by atoms with Crippen LogP contribution >= 0.6 is 11.6 Å². The van der Waals surface area contributed by atoms with E-state index in [2.05, 4.69) is 6.07 Å². The molecule has 1 rings (SSSR count). The highest BCUT2D eigenvalue weighted by Crippen LogP contribution is 2.33. The van der Waals surface area contributed by atoms with Crippen molar-refractivity contribution in [3.63, 3.8) is 0 Å². The van der Waals surface area contributed by atoms with E-state index in [1.54, 1.807) is 0 Å². The summed E-state index contributed by atoms with van der Waals surface area (Å²) in [6.45, 7) is 1.43. The van der Waals surface area contributed by atoms with Gasteiger partial charge in [0.25, 0.3) is 0 Å². The Kier molecular flexibility index (Phi) is 3.16. The zero-order valence-electron chi connectivity index (χ0n) is 6.48. The maximum atomic E-state index is 8.91. The molecule has 1 aliphatic heterocycles. The summed E-state index contributed by atoms with van der Waals surface area (Å²) >= 11 is 5.61. The molecule has 11 heavy (non-hydrogen) atoms. The molecule has 0 spiro atoms. The van der Waals surface area contributed by atoms with Crippen LogP contribution in [0.3, 0.4) is 0 Å². The molecule has 1 fully saturated rings. The van der Waals surface area contributed by atoms with Gasteiger partial charge in [0.2, 0.25) is 0 Å². The van der Waals surface area contributed by atoms with Crippen LogP contribution in [0, 0.1) is 16.7 Å². The van der Waals surface area contributed by atoms with Gasteiger partial charge in [-0.15, -0.1) is 11.6 Å².